The SMILES string of the molecule is CN1C=CCC(=O)C1c1cccc(NS(C)(=O)=O)c1. The Morgan fingerprint density at radius 2 is 2.11 bits per heavy atom. The number of hydrogen-bond donors (Lipinski definition) is 1. The second-order valence-electron chi connectivity index (χ2n) is 4.62. The van der Waals surface area contributed by atoms with Gasteiger partial charge in [-0.2, -0.15) is 0 Å². The van der Waals surface area contributed by atoms with Crippen molar-refractivity contribution in [2.45, 2.75) is 12.5 Å². The van der Waals surface area contributed by atoms with E-state index in [1.54, 1.807) is 18.2 Å². The standard InChI is InChI=1S/C13H16N2O3S/c1-15-8-4-7-12(16)13(15)10-5-3-6-11(9-10)14-19(2,17)18/h3-6,8-9,13-14H,7H2,1-2H3. The van der Waals surface area contributed by atoms with E-state index in [2.05, 4.69) is 4.72 Å². The van der Waals surface area contributed by atoms with Crippen LogP contribution in [0.1, 0.15) is 18.0 Å². The zero-order chi connectivity index (χ0) is 14.0. The topological polar surface area (TPSA) is 66.5 Å². The molecule has 102 valence electrons. The van der Waals surface area contributed by atoms with Gasteiger partial charge in [0.05, 0.1) is 6.26 Å². The summed E-state index contributed by atoms with van der Waals surface area (Å²) in [6.45, 7) is 0. The molecule has 2 rings (SSSR count). The van der Waals surface area contributed by atoms with Crippen LogP contribution in [0.25, 0.3) is 0 Å². The molecule has 0 aromatic heterocycles. The summed E-state index contributed by atoms with van der Waals surface area (Å²) in [4.78, 5) is 13.8. The summed E-state index contributed by atoms with van der Waals surface area (Å²) in [5.74, 6) is 0.0986. The van der Waals surface area contributed by atoms with Gasteiger partial charge in [-0.25, -0.2) is 8.42 Å². The maximum absolute atomic E-state index is 12.0. The molecule has 1 aromatic carbocycles. The van der Waals surface area contributed by atoms with Gasteiger partial charge >= 0.3 is 0 Å². The van der Waals surface area contributed by atoms with Crippen LogP contribution >= 0.6 is 0 Å². The molecular formula is C13H16N2O3S. The first-order valence-electron chi connectivity index (χ1n) is 5.86. The quantitative estimate of drug-likeness (QED) is 0.911. The van der Waals surface area contributed by atoms with E-state index >= 15 is 0 Å². The number of allylic oxidation sites excluding steroid dienone is 1. The lowest BCUT2D eigenvalue weighted by Crippen LogP contribution is -2.29. The summed E-state index contributed by atoms with van der Waals surface area (Å²) in [5.41, 5.74) is 1.25. The highest BCUT2D eigenvalue weighted by atomic mass is 32.2. The fourth-order valence-corrected chi connectivity index (χ4v) is 2.72. The molecule has 1 heterocycles. The summed E-state index contributed by atoms with van der Waals surface area (Å²) in [7, 11) is -1.49. The molecule has 0 fully saturated rings. The molecule has 1 unspecified atom stereocenters. The van der Waals surface area contributed by atoms with Gasteiger partial charge in [-0.15, -0.1) is 0 Å². The van der Waals surface area contributed by atoms with Crippen molar-refractivity contribution in [1.82, 2.24) is 4.90 Å². The Labute approximate surface area is 113 Å². The molecule has 19 heavy (non-hydrogen) atoms. The number of hydrogen-bond acceptors (Lipinski definition) is 4. The van der Waals surface area contributed by atoms with Crippen molar-refractivity contribution in [3.05, 3.63) is 42.1 Å². The van der Waals surface area contributed by atoms with Gasteiger partial charge in [-0.3, -0.25) is 9.52 Å². The lowest BCUT2D eigenvalue weighted by Gasteiger charge is -2.29. The van der Waals surface area contributed by atoms with E-state index < -0.39 is 10.0 Å². The van der Waals surface area contributed by atoms with Crippen LogP contribution < -0.4 is 4.72 Å². The van der Waals surface area contributed by atoms with E-state index in [9.17, 15) is 13.2 Å². The molecule has 0 saturated heterocycles. The smallest absolute Gasteiger partial charge is 0.229 e. The van der Waals surface area contributed by atoms with Crippen LogP contribution in [0.5, 0.6) is 0 Å². The van der Waals surface area contributed by atoms with Gasteiger partial charge in [0, 0.05) is 19.2 Å². The van der Waals surface area contributed by atoms with Crippen LogP contribution in [0.2, 0.25) is 0 Å². The Hall–Kier alpha value is -1.82. The minimum Gasteiger partial charge on any atom is -0.367 e. The lowest BCUT2D eigenvalue weighted by molar-refractivity contribution is -0.123. The first-order valence-corrected chi connectivity index (χ1v) is 7.75. The average Bonchev–Trinajstić information content (AvgIpc) is 2.26. The molecule has 6 heteroatoms. The van der Waals surface area contributed by atoms with Gasteiger partial charge in [0.2, 0.25) is 10.0 Å². The molecule has 0 radical (unpaired) electrons. The zero-order valence-corrected chi connectivity index (χ0v) is 11.6. The van der Waals surface area contributed by atoms with E-state index in [0.29, 0.717) is 12.1 Å². The van der Waals surface area contributed by atoms with Crippen molar-refractivity contribution in [3.8, 4) is 0 Å². The number of Topliss-reactive ketones (excluding diaryl/α,β-unsaturated/α-hetero) is 1. The Morgan fingerprint density at radius 1 is 1.37 bits per heavy atom. The van der Waals surface area contributed by atoms with E-state index in [1.807, 2.05) is 30.3 Å². The predicted octanol–water partition coefficient (Wildman–Crippen LogP) is 1.52. The maximum Gasteiger partial charge on any atom is 0.229 e. The molecule has 0 spiro atoms. The first-order chi connectivity index (χ1) is 8.87. The van der Waals surface area contributed by atoms with Crippen LogP contribution in [0.3, 0.4) is 0 Å². The molecule has 1 aliphatic rings. The molecule has 5 nitrogen and oxygen atoms in total. The van der Waals surface area contributed by atoms with Crippen LogP contribution in [0.4, 0.5) is 5.69 Å². The number of anilines is 1. The summed E-state index contributed by atoms with van der Waals surface area (Å²) >= 11 is 0. The van der Waals surface area contributed by atoms with Gasteiger partial charge in [0.15, 0.2) is 5.78 Å². The van der Waals surface area contributed by atoms with Crippen molar-refractivity contribution >= 4 is 21.5 Å². The zero-order valence-electron chi connectivity index (χ0n) is 10.8. The maximum atomic E-state index is 12.0. The Morgan fingerprint density at radius 3 is 2.74 bits per heavy atom. The fourth-order valence-electron chi connectivity index (χ4n) is 2.17. The number of carbonyl (C=O) groups is 1. The normalized spacial score (nSPS) is 19.6. The molecule has 1 N–H and O–H groups in total. The number of ketones is 1. The van der Waals surface area contributed by atoms with E-state index in [4.69, 9.17) is 0 Å². The molecule has 0 saturated carbocycles. The number of rotatable bonds is 3. The van der Waals surface area contributed by atoms with Crippen molar-refractivity contribution < 1.29 is 13.2 Å². The summed E-state index contributed by atoms with van der Waals surface area (Å²) < 4.78 is 24.8. The highest BCUT2D eigenvalue weighted by molar-refractivity contribution is 7.92. The van der Waals surface area contributed by atoms with Gasteiger partial charge < -0.3 is 4.90 Å². The number of nitrogens with one attached hydrogen (secondary N) is 1. The first kappa shape index (κ1) is 13.6. The third kappa shape index (κ3) is 3.35. The number of sulfonamides is 1. The van der Waals surface area contributed by atoms with E-state index in [1.165, 1.54) is 0 Å². The molecular weight excluding hydrogens is 264 g/mol. The predicted molar refractivity (Wildman–Crippen MR) is 74.2 cm³/mol. The summed E-state index contributed by atoms with van der Waals surface area (Å²) in [6.07, 6.45) is 5.18. The average molecular weight is 280 g/mol. The van der Waals surface area contributed by atoms with Crippen LogP contribution in [-0.4, -0.2) is 32.4 Å². The minimum atomic E-state index is -3.31. The van der Waals surface area contributed by atoms with Gasteiger partial charge in [0.1, 0.15) is 6.04 Å². The second-order valence-corrected chi connectivity index (χ2v) is 6.37. The van der Waals surface area contributed by atoms with Crippen LogP contribution in [0, 0.1) is 0 Å². The van der Waals surface area contributed by atoms with Crippen molar-refractivity contribution in [2.75, 3.05) is 18.0 Å². The summed E-state index contributed by atoms with van der Waals surface area (Å²) in [5, 5.41) is 0. The third-order valence-electron chi connectivity index (χ3n) is 2.88. The second kappa shape index (κ2) is 5.05. The Kier molecular flexibility index (Phi) is 3.61. The van der Waals surface area contributed by atoms with Gasteiger partial charge in [-0.1, -0.05) is 18.2 Å². The molecule has 0 bridgehead atoms. The molecule has 0 amide bonds. The fraction of sp³-hybridized carbons (Fsp3) is 0.308. The minimum absolute atomic E-state index is 0.0986. The Balaban J connectivity index is 2.33. The Bertz CT molecular complexity index is 623. The highest BCUT2D eigenvalue weighted by Crippen LogP contribution is 2.27. The summed E-state index contributed by atoms with van der Waals surface area (Å²) in [6, 6.07) is 6.56. The number of carbonyl (C=O) groups excluding carboxylic acids is 1. The van der Waals surface area contributed by atoms with E-state index in [-0.39, 0.29) is 11.8 Å². The monoisotopic (exact) mass is 280 g/mol. The highest BCUT2D eigenvalue weighted by Gasteiger charge is 2.25. The molecule has 1 aromatic rings. The number of likely N-dealkylation sites (N-methyl/N-ethyl adjacent to an activating group) is 1. The molecule has 1 atom stereocenters. The van der Waals surface area contributed by atoms with E-state index in [0.717, 1.165) is 11.8 Å². The van der Waals surface area contributed by atoms with Crippen LogP contribution in [-0.2, 0) is 14.8 Å². The largest absolute Gasteiger partial charge is 0.367 e. The van der Waals surface area contributed by atoms with Crippen molar-refractivity contribution in [2.24, 2.45) is 0 Å². The van der Waals surface area contributed by atoms with Crippen LogP contribution in [0.15, 0.2) is 36.5 Å². The molecule has 0 aliphatic carbocycles. The molecule has 1 aliphatic heterocycles. The van der Waals surface area contributed by atoms with Gasteiger partial charge in [-0.05, 0) is 23.9 Å². The van der Waals surface area contributed by atoms with Gasteiger partial charge in [0.25, 0.3) is 0 Å². The van der Waals surface area contributed by atoms with Crippen molar-refractivity contribution in [1.29, 1.82) is 0 Å². The third-order valence-corrected chi connectivity index (χ3v) is 3.48. The number of nitrogens with zero attached hydrogens (tertiary/aromatic N) is 1. The van der Waals surface area contributed by atoms with Crippen molar-refractivity contribution in [3.63, 3.8) is 0 Å². The lowest BCUT2D eigenvalue weighted by atomic mass is 9.97. The number of benzene rings is 1.